The molecule has 0 radical (unpaired) electrons. The van der Waals surface area contributed by atoms with Gasteiger partial charge in [-0.15, -0.1) is 12.4 Å². The van der Waals surface area contributed by atoms with Crippen LogP contribution >= 0.6 is 28.3 Å². The third-order valence-corrected chi connectivity index (χ3v) is 2.15. The van der Waals surface area contributed by atoms with Crippen molar-refractivity contribution in [1.82, 2.24) is 4.98 Å². The topological polar surface area (TPSA) is 67.3 Å². The number of aromatic nitrogens is 1. The highest BCUT2D eigenvalue weighted by molar-refractivity contribution is 9.10. The van der Waals surface area contributed by atoms with Gasteiger partial charge in [0.25, 0.3) is 0 Å². The van der Waals surface area contributed by atoms with E-state index in [1.165, 1.54) is 12.1 Å². The highest BCUT2D eigenvalue weighted by Gasteiger charge is 2.09. The van der Waals surface area contributed by atoms with E-state index >= 15 is 0 Å². The Bertz CT molecular complexity index is 367. The molecule has 1 aromatic rings. The van der Waals surface area contributed by atoms with E-state index < -0.39 is 10.1 Å². The Hall–Kier alpha value is -0.170. The Balaban J connectivity index is 0.00000121. The number of pyridine rings is 1. The van der Waals surface area contributed by atoms with Gasteiger partial charge in [-0.3, -0.25) is 4.55 Å². The van der Waals surface area contributed by atoms with Crippen LogP contribution in [0.4, 0.5) is 0 Å². The molecule has 1 heterocycles. The summed E-state index contributed by atoms with van der Waals surface area (Å²) >= 11 is 2.97. The maximum Gasteiger partial charge on any atom is 0.312 e. The second kappa shape index (κ2) is 4.18. The summed E-state index contributed by atoms with van der Waals surface area (Å²) in [6.45, 7) is 0. The molecule has 0 aliphatic rings. The zero-order chi connectivity index (χ0) is 8.48. The zero-order valence-corrected chi connectivity index (χ0v) is 8.86. The summed E-state index contributed by atoms with van der Waals surface area (Å²) in [4.78, 5) is 3.52. The van der Waals surface area contributed by atoms with Gasteiger partial charge < -0.3 is 0 Å². The van der Waals surface area contributed by atoms with Crippen molar-refractivity contribution in [1.29, 1.82) is 0 Å². The minimum absolute atomic E-state index is 0. The predicted octanol–water partition coefficient (Wildman–Crippen LogP) is 1.51. The van der Waals surface area contributed by atoms with Crippen LogP contribution < -0.4 is 0 Å². The molecule has 0 aromatic carbocycles. The summed E-state index contributed by atoms with van der Waals surface area (Å²) in [5, 5.41) is -0.355. The third-order valence-electron chi connectivity index (χ3n) is 0.954. The molecule has 7 heteroatoms. The van der Waals surface area contributed by atoms with Crippen LogP contribution in [0.5, 0.6) is 0 Å². The third kappa shape index (κ3) is 3.06. The van der Waals surface area contributed by atoms with Gasteiger partial charge in [0, 0.05) is 0 Å². The summed E-state index contributed by atoms with van der Waals surface area (Å²) in [5.74, 6) is 0. The zero-order valence-electron chi connectivity index (χ0n) is 5.64. The molecule has 1 N–H and O–H groups in total. The van der Waals surface area contributed by atoms with E-state index in [2.05, 4.69) is 20.9 Å². The Labute approximate surface area is 84.3 Å². The molecule has 0 saturated carbocycles. The first-order chi connectivity index (χ1) is 5.00. The highest BCUT2D eigenvalue weighted by atomic mass is 79.9. The highest BCUT2D eigenvalue weighted by Crippen LogP contribution is 2.09. The lowest BCUT2D eigenvalue weighted by atomic mass is 10.5. The van der Waals surface area contributed by atoms with E-state index in [4.69, 9.17) is 4.55 Å². The molecule has 1 rings (SSSR count). The minimum Gasteiger partial charge on any atom is -0.281 e. The van der Waals surface area contributed by atoms with Crippen molar-refractivity contribution in [2.75, 3.05) is 0 Å². The molecule has 0 saturated heterocycles. The largest absolute Gasteiger partial charge is 0.312 e. The molecular weight excluding hydrogens is 269 g/mol. The van der Waals surface area contributed by atoms with Crippen LogP contribution in [0.1, 0.15) is 0 Å². The van der Waals surface area contributed by atoms with Crippen molar-refractivity contribution in [2.45, 2.75) is 5.03 Å². The summed E-state index contributed by atoms with van der Waals surface area (Å²) < 4.78 is 29.8. The lowest BCUT2D eigenvalue weighted by molar-refractivity contribution is 0.479. The number of nitrogens with zero attached hydrogens (tertiary/aromatic N) is 1. The fourth-order valence-electron chi connectivity index (χ4n) is 0.533. The fraction of sp³-hybridized carbons (Fsp3) is 0. The molecule has 0 spiro atoms. The summed E-state index contributed by atoms with van der Waals surface area (Å²) in [6, 6.07) is 4.24. The predicted molar refractivity (Wildman–Crippen MR) is 49.0 cm³/mol. The Kier molecular flexibility index (Phi) is 4.12. The van der Waals surface area contributed by atoms with Crippen LogP contribution in [0.2, 0.25) is 0 Å². The van der Waals surface area contributed by atoms with Crippen LogP contribution in [0.15, 0.2) is 27.8 Å². The van der Waals surface area contributed by atoms with Crippen molar-refractivity contribution < 1.29 is 13.0 Å². The normalized spacial score (nSPS) is 10.5. The quantitative estimate of drug-likeness (QED) is 0.623. The minimum atomic E-state index is -4.17. The second-order valence-corrected chi connectivity index (χ2v) is 3.95. The second-order valence-electron chi connectivity index (χ2n) is 1.77. The first-order valence-electron chi connectivity index (χ1n) is 2.60. The maximum atomic E-state index is 10.5. The van der Waals surface area contributed by atoms with Gasteiger partial charge in [-0.25, -0.2) is 4.98 Å². The molecule has 0 amide bonds. The molecule has 12 heavy (non-hydrogen) atoms. The van der Waals surface area contributed by atoms with Crippen LogP contribution in [0, 0.1) is 0 Å². The van der Waals surface area contributed by atoms with Crippen molar-refractivity contribution in [3.05, 3.63) is 22.8 Å². The summed E-state index contributed by atoms with van der Waals surface area (Å²) in [6.07, 6.45) is 0. The van der Waals surface area contributed by atoms with Crippen LogP contribution in [-0.4, -0.2) is 18.0 Å². The van der Waals surface area contributed by atoms with Gasteiger partial charge in [0.05, 0.1) is 0 Å². The van der Waals surface area contributed by atoms with E-state index in [0.29, 0.717) is 4.60 Å². The van der Waals surface area contributed by atoms with Crippen LogP contribution in [-0.2, 0) is 10.1 Å². The lowest BCUT2D eigenvalue weighted by Crippen LogP contribution is -2.00. The first-order valence-corrected chi connectivity index (χ1v) is 4.83. The van der Waals surface area contributed by atoms with E-state index in [1.54, 1.807) is 6.07 Å². The van der Waals surface area contributed by atoms with Gasteiger partial charge in [-0.1, -0.05) is 6.07 Å². The van der Waals surface area contributed by atoms with Crippen LogP contribution in [0.25, 0.3) is 0 Å². The molecule has 1 aromatic heterocycles. The van der Waals surface area contributed by atoms with E-state index in [-0.39, 0.29) is 17.4 Å². The van der Waals surface area contributed by atoms with Crippen molar-refractivity contribution >= 4 is 38.5 Å². The van der Waals surface area contributed by atoms with Crippen LogP contribution in [0.3, 0.4) is 0 Å². The van der Waals surface area contributed by atoms with E-state index in [1.807, 2.05) is 0 Å². The SMILES string of the molecule is Cl.O=S(=O)(O)c1cccc(Br)n1. The van der Waals surface area contributed by atoms with Gasteiger partial charge in [0.2, 0.25) is 0 Å². The molecule has 0 aliphatic carbocycles. The van der Waals surface area contributed by atoms with Crippen molar-refractivity contribution in [2.24, 2.45) is 0 Å². The number of hydrogen-bond acceptors (Lipinski definition) is 3. The number of halogens is 2. The number of hydrogen-bond donors (Lipinski definition) is 1. The van der Waals surface area contributed by atoms with Crippen molar-refractivity contribution in [3.8, 4) is 0 Å². The first kappa shape index (κ1) is 11.8. The smallest absolute Gasteiger partial charge is 0.281 e. The van der Waals surface area contributed by atoms with Gasteiger partial charge in [-0.05, 0) is 28.1 Å². The van der Waals surface area contributed by atoms with E-state index in [9.17, 15) is 8.42 Å². The molecule has 0 bridgehead atoms. The monoisotopic (exact) mass is 273 g/mol. The molecule has 4 nitrogen and oxygen atoms in total. The molecule has 68 valence electrons. The van der Waals surface area contributed by atoms with Gasteiger partial charge in [0.15, 0.2) is 5.03 Å². The number of rotatable bonds is 1. The van der Waals surface area contributed by atoms with Crippen molar-refractivity contribution in [3.63, 3.8) is 0 Å². The fourth-order valence-corrected chi connectivity index (χ4v) is 1.46. The Morgan fingerprint density at radius 2 is 2.00 bits per heavy atom. The maximum absolute atomic E-state index is 10.5. The van der Waals surface area contributed by atoms with Gasteiger partial charge in [-0.2, -0.15) is 8.42 Å². The molecule has 0 unspecified atom stereocenters. The molecule has 0 fully saturated rings. The molecule has 0 aliphatic heterocycles. The molecular formula is C5H5BrClNO3S. The Morgan fingerprint density at radius 1 is 1.42 bits per heavy atom. The standard InChI is InChI=1S/C5H4BrNO3S.ClH/c6-4-2-1-3-5(7-4)11(8,9)10;/h1-3H,(H,8,9,10);1H. The summed E-state index contributed by atoms with van der Waals surface area (Å²) in [5.41, 5.74) is 0. The van der Waals surface area contributed by atoms with Gasteiger partial charge in [0.1, 0.15) is 4.60 Å². The lowest BCUT2D eigenvalue weighted by Gasteiger charge is -1.94. The Morgan fingerprint density at radius 3 is 2.33 bits per heavy atom. The van der Waals surface area contributed by atoms with Gasteiger partial charge >= 0.3 is 10.1 Å². The molecule has 0 atom stereocenters. The van der Waals surface area contributed by atoms with E-state index in [0.717, 1.165) is 0 Å². The average Bonchev–Trinajstić information content (AvgIpc) is 1.86. The average molecular weight is 275 g/mol. The summed E-state index contributed by atoms with van der Waals surface area (Å²) in [7, 11) is -4.17.